The van der Waals surface area contributed by atoms with Crippen LogP contribution in [-0.4, -0.2) is 17.1 Å². The summed E-state index contributed by atoms with van der Waals surface area (Å²) in [5.41, 5.74) is 2.47. The van der Waals surface area contributed by atoms with Crippen molar-refractivity contribution in [3.05, 3.63) is 84.9 Å². The van der Waals surface area contributed by atoms with Gasteiger partial charge in [-0.3, -0.25) is 14.5 Å². The third kappa shape index (κ3) is 6.05. The summed E-state index contributed by atoms with van der Waals surface area (Å²) in [6, 6.07) is 27.2. The van der Waals surface area contributed by atoms with Crippen LogP contribution in [0.15, 0.2) is 89.8 Å². The molecule has 0 aliphatic heterocycles. The minimum atomic E-state index is -0.310. The second kappa shape index (κ2) is 11.2. The minimum Gasteiger partial charge on any atom is -0.326 e. The van der Waals surface area contributed by atoms with Gasteiger partial charge in [0, 0.05) is 27.9 Å². The number of rotatable bonds is 7. The first-order valence-electron chi connectivity index (χ1n) is 11.6. The number of nitrogens with one attached hydrogen (secondary N) is 1. The highest BCUT2D eigenvalue weighted by Crippen LogP contribution is 2.32. The Hall–Kier alpha value is -3.05. The molecular weight excluding hydrogens is 428 g/mol. The molecule has 0 heterocycles. The lowest BCUT2D eigenvalue weighted by atomic mass is 9.88. The largest absolute Gasteiger partial charge is 0.326 e. The van der Waals surface area contributed by atoms with E-state index in [0.29, 0.717) is 0 Å². The van der Waals surface area contributed by atoms with Crippen LogP contribution in [-0.2, 0) is 9.59 Å². The normalized spacial score (nSPS) is 14.9. The molecule has 1 aliphatic rings. The lowest BCUT2D eigenvalue weighted by molar-refractivity contribution is -0.120. The lowest BCUT2D eigenvalue weighted by Crippen LogP contribution is -2.32. The molecule has 33 heavy (non-hydrogen) atoms. The molecular formula is C28H30N2O2S. The summed E-state index contributed by atoms with van der Waals surface area (Å²) in [6.45, 7) is 1.93. The Morgan fingerprint density at radius 3 is 2.06 bits per heavy atom. The van der Waals surface area contributed by atoms with Crippen LogP contribution >= 0.6 is 11.8 Å². The summed E-state index contributed by atoms with van der Waals surface area (Å²) in [5, 5.41) is 2.77. The van der Waals surface area contributed by atoms with Gasteiger partial charge in [-0.25, -0.2) is 0 Å². The van der Waals surface area contributed by atoms with Crippen molar-refractivity contribution < 1.29 is 9.59 Å². The molecule has 0 spiro atoms. The predicted octanol–water partition coefficient (Wildman–Crippen LogP) is 7.05. The quantitative estimate of drug-likeness (QED) is 0.386. The molecule has 0 bridgehead atoms. The summed E-state index contributed by atoms with van der Waals surface area (Å²) < 4.78 is 0. The van der Waals surface area contributed by atoms with E-state index in [2.05, 4.69) is 5.32 Å². The average molecular weight is 459 g/mol. The van der Waals surface area contributed by atoms with E-state index in [9.17, 15) is 9.59 Å². The van der Waals surface area contributed by atoms with Crippen LogP contribution in [0, 0.1) is 5.92 Å². The molecule has 1 atom stereocenters. The van der Waals surface area contributed by atoms with Crippen LogP contribution in [0.2, 0.25) is 0 Å². The summed E-state index contributed by atoms with van der Waals surface area (Å²) in [7, 11) is 0. The van der Waals surface area contributed by atoms with Crippen molar-refractivity contribution in [3.63, 3.8) is 0 Å². The van der Waals surface area contributed by atoms with Crippen molar-refractivity contribution in [1.82, 2.24) is 0 Å². The molecule has 2 amide bonds. The van der Waals surface area contributed by atoms with E-state index in [1.54, 1.807) is 4.90 Å². The molecule has 1 saturated carbocycles. The van der Waals surface area contributed by atoms with Crippen molar-refractivity contribution in [2.75, 3.05) is 10.2 Å². The Bertz CT molecular complexity index is 1030. The van der Waals surface area contributed by atoms with Gasteiger partial charge in [0.1, 0.15) is 0 Å². The zero-order valence-electron chi connectivity index (χ0n) is 18.9. The summed E-state index contributed by atoms with van der Waals surface area (Å²) in [6.07, 6.45) is 5.44. The van der Waals surface area contributed by atoms with Crippen LogP contribution in [0.3, 0.4) is 0 Å². The number of thioether (sulfide) groups is 1. The second-order valence-corrected chi connectivity index (χ2v) is 9.87. The number of hydrogen-bond acceptors (Lipinski definition) is 3. The van der Waals surface area contributed by atoms with Gasteiger partial charge in [-0.2, -0.15) is 0 Å². The molecule has 1 N–H and O–H groups in total. The summed E-state index contributed by atoms with van der Waals surface area (Å²) in [4.78, 5) is 28.9. The predicted molar refractivity (Wildman–Crippen MR) is 137 cm³/mol. The fourth-order valence-corrected chi connectivity index (χ4v) is 5.22. The van der Waals surface area contributed by atoms with Gasteiger partial charge in [0.2, 0.25) is 11.8 Å². The van der Waals surface area contributed by atoms with Crippen LogP contribution in [0.1, 0.15) is 39.0 Å². The number of carbonyl (C=O) groups is 2. The second-order valence-electron chi connectivity index (χ2n) is 8.46. The Morgan fingerprint density at radius 2 is 1.45 bits per heavy atom. The SMILES string of the molecule is CC(Sc1cccc(NC(=O)C2CCCCC2)c1)C(=O)N(c1ccccc1)c1ccccc1. The molecule has 4 rings (SSSR count). The minimum absolute atomic E-state index is 0.00837. The first kappa shape index (κ1) is 23.1. The zero-order valence-corrected chi connectivity index (χ0v) is 19.8. The zero-order chi connectivity index (χ0) is 23.0. The summed E-state index contributed by atoms with van der Waals surface area (Å²) in [5.74, 6) is 0.232. The Morgan fingerprint density at radius 1 is 0.848 bits per heavy atom. The molecule has 0 saturated heterocycles. The number of nitrogens with zero attached hydrogens (tertiary/aromatic N) is 1. The molecule has 5 heteroatoms. The molecule has 170 valence electrons. The first-order valence-corrected chi connectivity index (χ1v) is 12.5. The average Bonchev–Trinajstić information content (AvgIpc) is 2.86. The molecule has 0 radical (unpaired) electrons. The van der Waals surface area contributed by atoms with Crippen LogP contribution in [0.25, 0.3) is 0 Å². The molecule has 1 unspecified atom stereocenters. The van der Waals surface area contributed by atoms with Crippen LogP contribution < -0.4 is 10.2 Å². The van der Waals surface area contributed by atoms with E-state index in [4.69, 9.17) is 0 Å². The molecule has 4 nitrogen and oxygen atoms in total. The number of para-hydroxylation sites is 2. The van der Waals surface area contributed by atoms with Crippen molar-refractivity contribution in [2.45, 2.75) is 49.2 Å². The molecule has 0 aromatic heterocycles. The van der Waals surface area contributed by atoms with Gasteiger partial charge >= 0.3 is 0 Å². The highest BCUT2D eigenvalue weighted by Gasteiger charge is 2.25. The Labute approximate surface area is 200 Å². The van der Waals surface area contributed by atoms with E-state index in [0.717, 1.165) is 47.6 Å². The number of benzene rings is 3. The van der Waals surface area contributed by atoms with Gasteiger partial charge < -0.3 is 5.32 Å². The maximum absolute atomic E-state index is 13.6. The van der Waals surface area contributed by atoms with Gasteiger partial charge in [-0.1, -0.05) is 61.7 Å². The monoisotopic (exact) mass is 458 g/mol. The smallest absolute Gasteiger partial charge is 0.244 e. The Kier molecular flexibility index (Phi) is 7.84. The summed E-state index contributed by atoms with van der Waals surface area (Å²) >= 11 is 1.50. The third-order valence-corrected chi connectivity index (χ3v) is 7.07. The van der Waals surface area contributed by atoms with Crippen LogP contribution in [0.4, 0.5) is 17.1 Å². The van der Waals surface area contributed by atoms with E-state index in [1.807, 2.05) is 91.9 Å². The van der Waals surface area contributed by atoms with Crippen LogP contribution in [0.5, 0.6) is 0 Å². The van der Waals surface area contributed by atoms with Crippen molar-refractivity contribution >= 4 is 40.6 Å². The van der Waals surface area contributed by atoms with Crippen molar-refractivity contribution in [3.8, 4) is 0 Å². The van der Waals surface area contributed by atoms with Gasteiger partial charge in [-0.05, 0) is 62.2 Å². The topological polar surface area (TPSA) is 49.4 Å². The van der Waals surface area contributed by atoms with Gasteiger partial charge in [0.25, 0.3) is 0 Å². The molecule has 1 fully saturated rings. The lowest BCUT2D eigenvalue weighted by Gasteiger charge is -2.26. The number of carbonyl (C=O) groups excluding carboxylic acids is 2. The highest BCUT2D eigenvalue weighted by molar-refractivity contribution is 8.00. The van der Waals surface area contributed by atoms with Gasteiger partial charge in [-0.15, -0.1) is 11.8 Å². The highest BCUT2D eigenvalue weighted by atomic mass is 32.2. The molecule has 3 aromatic rings. The third-order valence-electron chi connectivity index (χ3n) is 5.99. The standard InChI is InChI=1S/C28H30N2O2S/c1-21(28(32)30(24-15-7-3-8-16-24)25-17-9-4-10-18-25)33-26-19-11-14-23(20-26)29-27(31)22-12-5-2-6-13-22/h3-4,7-11,14-22H,2,5-6,12-13H2,1H3,(H,29,31). The van der Waals surface area contributed by atoms with Gasteiger partial charge in [0.15, 0.2) is 0 Å². The first-order chi connectivity index (χ1) is 16.1. The maximum atomic E-state index is 13.6. The number of hydrogen-bond donors (Lipinski definition) is 1. The molecule has 1 aliphatic carbocycles. The number of amides is 2. The molecule has 3 aromatic carbocycles. The fraction of sp³-hybridized carbons (Fsp3) is 0.286. The fourth-order valence-electron chi connectivity index (χ4n) is 4.25. The number of anilines is 3. The van der Waals surface area contributed by atoms with E-state index in [1.165, 1.54) is 18.2 Å². The van der Waals surface area contributed by atoms with E-state index < -0.39 is 0 Å². The van der Waals surface area contributed by atoms with Gasteiger partial charge in [0.05, 0.1) is 5.25 Å². The van der Waals surface area contributed by atoms with Crippen molar-refractivity contribution in [1.29, 1.82) is 0 Å². The van der Waals surface area contributed by atoms with E-state index in [-0.39, 0.29) is 23.0 Å². The van der Waals surface area contributed by atoms with E-state index >= 15 is 0 Å². The maximum Gasteiger partial charge on any atom is 0.244 e. The van der Waals surface area contributed by atoms with Crippen molar-refractivity contribution in [2.24, 2.45) is 5.92 Å². The Balaban J connectivity index is 1.47.